The van der Waals surface area contributed by atoms with Crippen molar-refractivity contribution in [2.45, 2.75) is 76.0 Å². The van der Waals surface area contributed by atoms with Gasteiger partial charge in [0, 0.05) is 55.0 Å². The van der Waals surface area contributed by atoms with Gasteiger partial charge in [0.2, 0.25) is 15.9 Å². The number of benzene rings is 2. The molecule has 0 spiro atoms. The molecule has 0 radical (unpaired) electrons. The molecule has 1 aliphatic heterocycles. The van der Waals surface area contributed by atoms with Crippen molar-refractivity contribution in [3.63, 3.8) is 0 Å². The minimum atomic E-state index is -3.44. The molecule has 2 amide bonds. The number of halogens is 2. The van der Waals surface area contributed by atoms with Crippen LogP contribution in [0, 0.1) is 11.7 Å². The average molecular weight is 681 g/mol. The number of anilines is 1. The van der Waals surface area contributed by atoms with E-state index in [0.29, 0.717) is 37.5 Å². The molecule has 46 heavy (non-hydrogen) atoms. The highest BCUT2D eigenvalue weighted by Gasteiger charge is 2.39. The fourth-order valence-electron chi connectivity index (χ4n) is 6.79. The topological polar surface area (TPSA) is 126 Å². The highest BCUT2D eigenvalue weighted by molar-refractivity contribution is 7.89. The zero-order valence-corrected chi connectivity index (χ0v) is 28.3. The monoisotopic (exact) mass is 680 g/mol. The number of carbonyl (C=O) groups is 2. The number of alkyl carbamates (subject to hydrolysis) is 1. The molecule has 4 rings (SSSR count). The standard InChI is InChI=1S/C33H46ClFN4O6S/c1-4-20-46(42,43)39-19-18-36-21-25(39)14-17-27-28(35)6-5-7-29(27)37-32(40)31(38-33(41)45-3)30(22-8-12-24(34)13-9-22)23-10-15-26(44-2)16-11-23/h5-9,12-13,23,25-26,30-31,36H,4,10-11,14-21H2,1-3H3,(H,37,40)(H,38,41)/t23?,25-,26?,30-,31-/m0/s1. The summed E-state index contributed by atoms with van der Waals surface area (Å²) < 4.78 is 53.3. The Morgan fingerprint density at radius 3 is 2.48 bits per heavy atom. The zero-order chi connectivity index (χ0) is 33.3. The van der Waals surface area contributed by atoms with Gasteiger partial charge >= 0.3 is 6.09 Å². The molecule has 2 aromatic rings. The van der Waals surface area contributed by atoms with Gasteiger partial charge in [-0.25, -0.2) is 17.6 Å². The van der Waals surface area contributed by atoms with Crippen LogP contribution in [0.4, 0.5) is 14.9 Å². The second kappa shape index (κ2) is 16.9. The Bertz CT molecular complexity index is 1420. The minimum Gasteiger partial charge on any atom is -0.453 e. The highest BCUT2D eigenvalue weighted by Crippen LogP contribution is 2.40. The van der Waals surface area contributed by atoms with E-state index in [1.165, 1.54) is 23.5 Å². The van der Waals surface area contributed by atoms with E-state index in [2.05, 4.69) is 16.0 Å². The van der Waals surface area contributed by atoms with Gasteiger partial charge in [-0.3, -0.25) is 4.79 Å². The molecule has 3 N–H and O–H groups in total. The van der Waals surface area contributed by atoms with Crippen LogP contribution < -0.4 is 16.0 Å². The predicted molar refractivity (Wildman–Crippen MR) is 177 cm³/mol. The number of ether oxygens (including phenoxy) is 2. The first-order chi connectivity index (χ1) is 22.1. The lowest BCUT2D eigenvalue weighted by atomic mass is 9.72. The smallest absolute Gasteiger partial charge is 0.407 e. The second-order valence-electron chi connectivity index (χ2n) is 12.0. The fourth-order valence-corrected chi connectivity index (χ4v) is 8.67. The lowest BCUT2D eigenvalue weighted by Gasteiger charge is -2.37. The summed E-state index contributed by atoms with van der Waals surface area (Å²) in [4.78, 5) is 26.8. The van der Waals surface area contributed by atoms with Crippen molar-refractivity contribution in [3.8, 4) is 0 Å². The number of piperazine rings is 1. The Morgan fingerprint density at radius 1 is 1.11 bits per heavy atom. The van der Waals surface area contributed by atoms with Gasteiger partial charge in [-0.2, -0.15) is 4.31 Å². The molecule has 0 bridgehead atoms. The maximum absolute atomic E-state index is 15.4. The third-order valence-electron chi connectivity index (χ3n) is 9.14. The summed E-state index contributed by atoms with van der Waals surface area (Å²) in [6.07, 6.45) is 3.61. The van der Waals surface area contributed by atoms with E-state index in [1.54, 1.807) is 25.3 Å². The number of carbonyl (C=O) groups excluding carboxylic acids is 2. The Hall–Kier alpha value is -2.77. The van der Waals surface area contributed by atoms with Crippen molar-refractivity contribution < 1.29 is 31.9 Å². The van der Waals surface area contributed by atoms with Crippen LogP contribution in [-0.2, 0) is 30.7 Å². The molecule has 254 valence electrons. The Morgan fingerprint density at radius 2 is 1.83 bits per heavy atom. The van der Waals surface area contributed by atoms with Gasteiger partial charge in [0.1, 0.15) is 11.9 Å². The summed E-state index contributed by atoms with van der Waals surface area (Å²) >= 11 is 6.20. The van der Waals surface area contributed by atoms with Gasteiger partial charge in [0.25, 0.3) is 0 Å². The molecule has 1 saturated heterocycles. The summed E-state index contributed by atoms with van der Waals surface area (Å²) in [5.74, 6) is -1.37. The Kier molecular flexibility index (Phi) is 13.2. The number of rotatable bonds is 13. The van der Waals surface area contributed by atoms with Crippen molar-refractivity contribution in [1.82, 2.24) is 14.9 Å². The molecule has 13 heteroatoms. The van der Waals surface area contributed by atoms with Crippen molar-refractivity contribution in [2.24, 2.45) is 5.92 Å². The van der Waals surface area contributed by atoms with E-state index in [0.717, 1.165) is 31.2 Å². The van der Waals surface area contributed by atoms with Crippen LogP contribution in [0.25, 0.3) is 0 Å². The van der Waals surface area contributed by atoms with E-state index in [4.69, 9.17) is 21.1 Å². The molecule has 2 aromatic carbocycles. The number of sulfonamides is 1. The number of amides is 2. The Balaban J connectivity index is 1.62. The van der Waals surface area contributed by atoms with Crippen molar-refractivity contribution in [1.29, 1.82) is 0 Å². The first-order valence-electron chi connectivity index (χ1n) is 16.0. The lowest BCUT2D eigenvalue weighted by Crippen LogP contribution is -2.54. The number of hydrogen-bond acceptors (Lipinski definition) is 7. The van der Waals surface area contributed by atoms with Crippen LogP contribution in [0.3, 0.4) is 0 Å². The molecule has 2 aliphatic rings. The first kappa shape index (κ1) is 36.1. The van der Waals surface area contributed by atoms with Crippen LogP contribution in [0.1, 0.15) is 62.5 Å². The molecular weight excluding hydrogens is 635 g/mol. The van der Waals surface area contributed by atoms with Gasteiger partial charge in [-0.15, -0.1) is 0 Å². The summed E-state index contributed by atoms with van der Waals surface area (Å²) in [5.41, 5.74) is 1.38. The molecule has 2 fully saturated rings. The normalized spacial score (nSPS) is 22.1. The number of nitrogens with zero attached hydrogens (tertiary/aromatic N) is 1. The van der Waals surface area contributed by atoms with Gasteiger partial charge in [-0.1, -0.05) is 36.7 Å². The van der Waals surface area contributed by atoms with Crippen molar-refractivity contribution >= 4 is 39.3 Å². The SMILES string of the molecule is CCCS(=O)(=O)N1CCNC[C@@H]1CCc1c(F)cccc1NC(=O)[C@@H](NC(=O)OC)[C@@H](c1ccc(Cl)cc1)C1CCC(OC)CC1. The number of nitrogens with one attached hydrogen (secondary N) is 3. The van der Waals surface area contributed by atoms with Crippen LogP contribution in [-0.4, -0.2) is 82.5 Å². The summed E-state index contributed by atoms with van der Waals surface area (Å²) in [7, 11) is -0.514. The van der Waals surface area contributed by atoms with Gasteiger partial charge < -0.3 is 25.4 Å². The van der Waals surface area contributed by atoms with Crippen LogP contribution >= 0.6 is 11.6 Å². The molecule has 3 atom stereocenters. The molecule has 10 nitrogen and oxygen atoms in total. The maximum Gasteiger partial charge on any atom is 0.407 e. The molecule has 0 unspecified atom stereocenters. The van der Waals surface area contributed by atoms with E-state index in [1.807, 2.05) is 19.1 Å². The van der Waals surface area contributed by atoms with E-state index in [9.17, 15) is 18.0 Å². The molecular formula is C33H46ClFN4O6S. The number of hydrogen-bond donors (Lipinski definition) is 3. The van der Waals surface area contributed by atoms with Crippen LogP contribution in [0.5, 0.6) is 0 Å². The highest BCUT2D eigenvalue weighted by atomic mass is 35.5. The van der Waals surface area contributed by atoms with Crippen LogP contribution in [0.2, 0.25) is 5.02 Å². The van der Waals surface area contributed by atoms with E-state index in [-0.39, 0.29) is 41.5 Å². The van der Waals surface area contributed by atoms with Gasteiger partial charge in [-0.05, 0) is 80.7 Å². The lowest BCUT2D eigenvalue weighted by molar-refractivity contribution is -0.119. The third-order valence-corrected chi connectivity index (χ3v) is 11.5. The van der Waals surface area contributed by atoms with Crippen LogP contribution in [0.15, 0.2) is 42.5 Å². The predicted octanol–water partition coefficient (Wildman–Crippen LogP) is 5.08. The molecule has 1 aliphatic carbocycles. The number of methoxy groups -OCH3 is 2. The first-order valence-corrected chi connectivity index (χ1v) is 18.0. The largest absolute Gasteiger partial charge is 0.453 e. The summed E-state index contributed by atoms with van der Waals surface area (Å²) in [6.45, 7) is 3.19. The minimum absolute atomic E-state index is 0.0299. The van der Waals surface area contributed by atoms with E-state index >= 15 is 4.39 Å². The Labute approximate surface area is 276 Å². The average Bonchev–Trinajstić information content (AvgIpc) is 3.05. The van der Waals surface area contributed by atoms with Gasteiger partial charge in [0.15, 0.2) is 0 Å². The van der Waals surface area contributed by atoms with E-state index < -0.39 is 39.8 Å². The third kappa shape index (κ3) is 9.19. The molecule has 0 aromatic heterocycles. The molecule has 1 saturated carbocycles. The maximum atomic E-state index is 15.4. The van der Waals surface area contributed by atoms with Crippen molar-refractivity contribution in [2.75, 3.05) is 44.9 Å². The molecule has 1 heterocycles. The van der Waals surface area contributed by atoms with Gasteiger partial charge in [0.05, 0.1) is 19.0 Å². The summed E-state index contributed by atoms with van der Waals surface area (Å²) in [6, 6.07) is 10.3. The fraction of sp³-hybridized carbons (Fsp3) is 0.576. The van der Waals surface area contributed by atoms with Crippen molar-refractivity contribution in [3.05, 3.63) is 64.4 Å². The quantitative estimate of drug-likeness (QED) is 0.270. The summed E-state index contributed by atoms with van der Waals surface area (Å²) in [5, 5.41) is 9.46. The second-order valence-corrected chi connectivity index (χ2v) is 14.5. The zero-order valence-electron chi connectivity index (χ0n) is 26.8.